The number of carboxylic acids is 1. The fraction of sp³-hybridized carbons (Fsp3) is 0.526. The summed E-state index contributed by atoms with van der Waals surface area (Å²) in [5.41, 5.74) is 13.7. The van der Waals surface area contributed by atoms with Crippen molar-refractivity contribution in [2.75, 3.05) is 12.3 Å². The zero-order valence-electron chi connectivity index (χ0n) is 20.6. The van der Waals surface area contributed by atoms with Crippen molar-refractivity contribution >= 4 is 62.1 Å². The van der Waals surface area contributed by atoms with Crippen LogP contribution in [-0.4, -0.2) is 93.0 Å². The molecule has 0 spiro atoms. The van der Waals surface area contributed by atoms with E-state index in [2.05, 4.69) is 25.8 Å². The van der Waals surface area contributed by atoms with E-state index >= 15 is 0 Å². The van der Waals surface area contributed by atoms with Crippen LogP contribution in [0.15, 0.2) is 15.5 Å². The maximum Gasteiger partial charge on any atom is 0.362 e. The number of nitrogens with zero attached hydrogens (tertiary/aromatic N) is 4. The Morgan fingerprint density at radius 2 is 2.03 bits per heavy atom. The molecule has 2 saturated heterocycles. The summed E-state index contributed by atoms with van der Waals surface area (Å²) in [5.74, 6) is -5.11. The first-order chi connectivity index (χ1) is 18.0. The number of amides is 3. The second kappa shape index (κ2) is 11.0. The van der Waals surface area contributed by atoms with Gasteiger partial charge in [-0.25, -0.2) is 14.1 Å². The zero-order chi connectivity index (χ0) is 29.3. The summed E-state index contributed by atoms with van der Waals surface area (Å²) in [6.45, 7) is 2.41. The van der Waals surface area contributed by atoms with Crippen LogP contribution in [0.2, 0.25) is 0 Å². The van der Waals surface area contributed by atoms with Gasteiger partial charge in [0.05, 0.1) is 12.6 Å². The normalized spacial score (nSPS) is 23.6. The lowest BCUT2D eigenvalue weighted by Gasteiger charge is -2.45. The van der Waals surface area contributed by atoms with Crippen LogP contribution in [-0.2, 0) is 34.3 Å². The minimum absolute atomic E-state index is 0.0423. The fourth-order valence-corrected chi connectivity index (χ4v) is 5.30. The van der Waals surface area contributed by atoms with Crippen molar-refractivity contribution in [2.45, 2.75) is 50.4 Å². The third kappa shape index (κ3) is 6.70. The number of aromatic nitrogens is 1. The zero-order valence-corrected chi connectivity index (χ0v) is 22.2. The van der Waals surface area contributed by atoms with E-state index in [0.717, 1.165) is 11.3 Å². The van der Waals surface area contributed by atoms with E-state index in [9.17, 15) is 37.3 Å². The number of aliphatic imine (C=N–C) groups is 1. The van der Waals surface area contributed by atoms with E-state index in [1.54, 1.807) is 0 Å². The van der Waals surface area contributed by atoms with E-state index in [1.807, 2.05) is 0 Å². The number of anilines is 1. The third-order valence-corrected chi connectivity index (χ3v) is 7.49. The lowest BCUT2D eigenvalue weighted by molar-refractivity contribution is -0.161. The monoisotopic (exact) mass is 589 g/mol. The summed E-state index contributed by atoms with van der Waals surface area (Å²) < 4.78 is 33.5. The number of oxime groups is 1. The average Bonchev–Trinajstić information content (AvgIpc) is 3.39. The number of carboxylic acid groups (broad SMARTS) is 1. The number of nitrogens with two attached hydrogens (primary N) is 3. The molecule has 0 aromatic carbocycles. The molecule has 3 amide bonds. The van der Waals surface area contributed by atoms with Crippen molar-refractivity contribution in [3.63, 3.8) is 0 Å². The van der Waals surface area contributed by atoms with E-state index in [1.165, 1.54) is 19.2 Å². The van der Waals surface area contributed by atoms with Crippen LogP contribution >= 0.6 is 11.3 Å². The Bertz CT molecular complexity index is 1340. The van der Waals surface area contributed by atoms with Gasteiger partial charge in [-0.2, -0.15) is 8.42 Å². The molecule has 4 atom stereocenters. The van der Waals surface area contributed by atoms with Crippen molar-refractivity contribution in [1.29, 1.82) is 0 Å². The number of aliphatic carboxylic acids is 1. The molecule has 0 radical (unpaired) electrons. The van der Waals surface area contributed by atoms with Crippen LogP contribution in [0.5, 0.6) is 0 Å². The van der Waals surface area contributed by atoms with Gasteiger partial charge in [-0.1, -0.05) is 5.16 Å². The van der Waals surface area contributed by atoms with Crippen molar-refractivity contribution in [3.05, 3.63) is 11.1 Å². The number of hydrogen-bond acceptors (Lipinski definition) is 12. The number of carbonyl (C=O) groups is 4. The lowest BCUT2D eigenvalue weighted by Crippen LogP contribution is -2.72. The lowest BCUT2D eigenvalue weighted by atomic mass is 9.87. The highest BCUT2D eigenvalue weighted by Crippen LogP contribution is 2.32. The van der Waals surface area contributed by atoms with Crippen LogP contribution in [0.4, 0.5) is 5.13 Å². The summed E-state index contributed by atoms with van der Waals surface area (Å²) in [7, 11) is -5.04. The van der Waals surface area contributed by atoms with Gasteiger partial charge in [0.15, 0.2) is 16.8 Å². The van der Waals surface area contributed by atoms with Gasteiger partial charge in [-0.3, -0.25) is 23.9 Å². The predicted molar refractivity (Wildman–Crippen MR) is 135 cm³/mol. The topological polar surface area (TPSA) is 295 Å². The summed E-state index contributed by atoms with van der Waals surface area (Å²) in [6, 6.07) is -3.30. The van der Waals surface area contributed by atoms with Gasteiger partial charge in [0.1, 0.15) is 11.7 Å². The summed E-state index contributed by atoms with van der Waals surface area (Å²) in [5, 5.41) is 19.2. The van der Waals surface area contributed by atoms with Crippen LogP contribution in [0.3, 0.4) is 0 Å². The number of carbonyl (C=O) groups excluding carboxylic acids is 3. The standard InChI is InChI=1S/C19H27N9O9S2/c1-19(2,16(32)33)37-27-11(9-6-38-18(22)25-9)14(30)26-12-10(28(15(12)31)39(34,35)36)4-7-3-8(24-13(7)29)5-23-17(20)21/h6-8,10,12H,3-5H2,1-2H3,(H2,22,25)(H,24,29)(H,26,30)(H,32,33)(H4,20,21,23)(H,34,35,36)/b27-11-/t7-,8?,10+,12-/m0/s1. The maximum absolute atomic E-state index is 13.1. The molecule has 39 heavy (non-hydrogen) atoms. The molecule has 20 heteroatoms. The SMILES string of the molecule is CC(C)(O/N=C(\C(=O)N[C@@H]1C(=O)N(S(=O)(=O)O)[C@@H]1C[C@@H]1CC(CN=C(N)N)NC1=O)c1csc(N)n1)C(=O)O. The number of hydrogen-bond donors (Lipinski definition) is 7. The first-order valence-corrected chi connectivity index (χ1v) is 13.5. The van der Waals surface area contributed by atoms with Gasteiger partial charge in [0, 0.05) is 17.3 Å². The Hall–Kier alpha value is -4.04. The van der Waals surface area contributed by atoms with Crippen LogP contribution in [0.25, 0.3) is 0 Å². The van der Waals surface area contributed by atoms with Crippen LogP contribution < -0.4 is 27.8 Å². The second-order valence-electron chi connectivity index (χ2n) is 9.19. The van der Waals surface area contributed by atoms with E-state index < -0.39 is 69.4 Å². The van der Waals surface area contributed by atoms with Crippen molar-refractivity contribution < 1.29 is 42.1 Å². The molecular weight excluding hydrogens is 562 g/mol. The van der Waals surface area contributed by atoms with E-state index in [0.29, 0.717) is 0 Å². The van der Waals surface area contributed by atoms with Gasteiger partial charge in [0.2, 0.25) is 11.5 Å². The predicted octanol–water partition coefficient (Wildman–Crippen LogP) is -3.02. The number of β-lactam (4-membered cyclic amide) rings is 1. The largest absolute Gasteiger partial charge is 0.478 e. The van der Waals surface area contributed by atoms with Crippen LogP contribution in [0, 0.1) is 5.92 Å². The highest BCUT2D eigenvalue weighted by atomic mass is 32.2. The van der Waals surface area contributed by atoms with Crippen molar-refractivity contribution in [3.8, 4) is 0 Å². The molecule has 1 aromatic rings. The Balaban J connectivity index is 1.84. The number of guanidine groups is 1. The molecule has 0 saturated carbocycles. The fourth-order valence-electron chi connectivity index (χ4n) is 3.86. The first kappa shape index (κ1) is 29.5. The van der Waals surface area contributed by atoms with Gasteiger partial charge in [-0.15, -0.1) is 11.3 Å². The minimum Gasteiger partial charge on any atom is -0.478 e. The Labute approximate surface area is 225 Å². The summed E-state index contributed by atoms with van der Waals surface area (Å²) >= 11 is 0.938. The molecule has 2 aliphatic heterocycles. The molecule has 10 N–H and O–H groups in total. The van der Waals surface area contributed by atoms with E-state index in [4.69, 9.17) is 22.0 Å². The van der Waals surface area contributed by atoms with Gasteiger partial charge >= 0.3 is 16.3 Å². The smallest absolute Gasteiger partial charge is 0.362 e. The molecule has 2 fully saturated rings. The number of rotatable bonds is 11. The Kier molecular flexibility index (Phi) is 8.31. The average molecular weight is 590 g/mol. The molecule has 3 heterocycles. The Morgan fingerprint density at radius 3 is 2.56 bits per heavy atom. The molecule has 2 aliphatic rings. The molecule has 1 unspecified atom stereocenters. The van der Waals surface area contributed by atoms with Gasteiger partial charge in [0.25, 0.3) is 11.8 Å². The summed E-state index contributed by atoms with van der Waals surface area (Å²) in [6.07, 6.45) is -0.0670. The number of nitrogen functional groups attached to an aromatic ring is 1. The Morgan fingerprint density at radius 1 is 1.36 bits per heavy atom. The van der Waals surface area contributed by atoms with Crippen LogP contribution in [0.1, 0.15) is 32.4 Å². The van der Waals surface area contributed by atoms with Gasteiger partial charge in [-0.05, 0) is 26.7 Å². The number of thiazole rings is 1. The second-order valence-corrected chi connectivity index (χ2v) is 11.4. The molecule has 18 nitrogen and oxygen atoms in total. The summed E-state index contributed by atoms with van der Waals surface area (Å²) in [4.78, 5) is 62.4. The minimum atomic E-state index is -5.04. The maximum atomic E-state index is 13.1. The molecule has 0 aliphatic carbocycles. The van der Waals surface area contributed by atoms with Crippen molar-refractivity contribution in [2.24, 2.45) is 27.5 Å². The first-order valence-electron chi connectivity index (χ1n) is 11.2. The highest BCUT2D eigenvalue weighted by molar-refractivity contribution is 7.84. The third-order valence-electron chi connectivity index (χ3n) is 5.87. The van der Waals surface area contributed by atoms with Gasteiger partial charge < -0.3 is 37.8 Å². The van der Waals surface area contributed by atoms with E-state index in [-0.39, 0.29) is 40.5 Å². The quantitative estimate of drug-likeness (QED) is 0.0445. The highest BCUT2D eigenvalue weighted by Gasteiger charge is 2.55. The number of nitrogens with one attached hydrogen (secondary N) is 2. The molecule has 214 valence electrons. The molecule has 0 bridgehead atoms. The molecule has 3 rings (SSSR count). The molecular formula is C19H27N9O9S2. The van der Waals surface area contributed by atoms with Crippen molar-refractivity contribution in [1.82, 2.24) is 19.9 Å². The molecule has 1 aromatic heterocycles.